The standard InChI is InChI=1S/C20H35FN4O2/c1-8-9-15(14-25(7)22)27-20(5,6)12-17-16(21)13-23-18(24-17)10-11-26-19(2,3)4/h13-14H,8-12,22H2,1-7H3/b15-14+. The number of aromatic nitrogens is 2. The van der Waals surface area contributed by atoms with Crippen molar-refractivity contribution in [1.29, 1.82) is 0 Å². The second kappa shape index (κ2) is 9.99. The maximum absolute atomic E-state index is 14.3. The van der Waals surface area contributed by atoms with Crippen molar-refractivity contribution in [2.45, 2.75) is 78.4 Å². The highest BCUT2D eigenvalue weighted by Crippen LogP contribution is 2.23. The zero-order valence-electron chi connectivity index (χ0n) is 17.8. The van der Waals surface area contributed by atoms with E-state index in [1.165, 1.54) is 11.2 Å². The van der Waals surface area contributed by atoms with Gasteiger partial charge in [0.25, 0.3) is 0 Å². The van der Waals surface area contributed by atoms with Gasteiger partial charge in [-0.2, -0.15) is 0 Å². The van der Waals surface area contributed by atoms with Crippen molar-refractivity contribution >= 4 is 0 Å². The first-order valence-electron chi connectivity index (χ1n) is 9.43. The van der Waals surface area contributed by atoms with Crippen molar-refractivity contribution < 1.29 is 13.9 Å². The second-order valence-electron chi connectivity index (χ2n) is 8.34. The first kappa shape index (κ1) is 23.3. The van der Waals surface area contributed by atoms with E-state index in [1.807, 2.05) is 34.6 Å². The second-order valence-corrected chi connectivity index (χ2v) is 8.34. The predicted octanol–water partition coefficient (Wildman–Crippen LogP) is 3.76. The van der Waals surface area contributed by atoms with Gasteiger partial charge in [0.1, 0.15) is 17.2 Å². The van der Waals surface area contributed by atoms with E-state index in [1.54, 1.807) is 13.2 Å². The summed E-state index contributed by atoms with van der Waals surface area (Å²) in [6, 6.07) is 0. The van der Waals surface area contributed by atoms with Crippen LogP contribution in [0.25, 0.3) is 0 Å². The van der Waals surface area contributed by atoms with Gasteiger partial charge in [-0.3, -0.25) is 0 Å². The van der Waals surface area contributed by atoms with Crippen LogP contribution in [0.15, 0.2) is 18.2 Å². The molecule has 0 bridgehead atoms. The van der Waals surface area contributed by atoms with Crippen LogP contribution in [0.3, 0.4) is 0 Å². The SMILES string of the molecule is CCC/C(=C\N(C)N)OC(C)(C)Cc1nc(CCOC(C)(C)C)ncc1F. The van der Waals surface area contributed by atoms with Gasteiger partial charge in [-0.25, -0.2) is 20.2 Å². The molecule has 6 nitrogen and oxygen atoms in total. The van der Waals surface area contributed by atoms with Gasteiger partial charge >= 0.3 is 0 Å². The van der Waals surface area contributed by atoms with Crippen LogP contribution < -0.4 is 5.84 Å². The van der Waals surface area contributed by atoms with Crippen molar-refractivity contribution in [1.82, 2.24) is 15.0 Å². The van der Waals surface area contributed by atoms with Crippen LogP contribution in [0, 0.1) is 5.82 Å². The van der Waals surface area contributed by atoms with E-state index in [-0.39, 0.29) is 5.60 Å². The summed E-state index contributed by atoms with van der Waals surface area (Å²) in [5, 5.41) is 1.46. The number of rotatable bonds is 10. The fraction of sp³-hybridized carbons (Fsp3) is 0.700. The molecule has 0 fully saturated rings. The molecule has 154 valence electrons. The molecule has 27 heavy (non-hydrogen) atoms. The fourth-order valence-electron chi connectivity index (χ4n) is 2.55. The number of nitrogens with two attached hydrogens (primary N) is 1. The zero-order valence-corrected chi connectivity index (χ0v) is 17.8. The summed E-state index contributed by atoms with van der Waals surface area (Å²) in [6.07, 6.45) is 5.51. The van der Waals surface area contributed by atoms with Crippen LogP contribution in [0.2, 0.25) is 0 Å². The summed E-state index contributed by atoms with van der Waals surface area (Å²) in [4.78, 5) is 8.47. The van der Waals surface area contributed by atoms with E-state index in [0.717, 1.165) is 18.6 Å². The first-order chi connectivity index (χ1) is 12.4. The lowest BCUT2D eigenvalue weighted by atomic mass is 10.0. The molecule has 1 rings (SSSR count). The molecule has 2 N–H and O–H groups in total. The highest BCUT2D eigenvalue weighted by Gasteiger charge is 2.25. The molecule has 0 aromatic carbocycles. The van der Waals surface area contributed by atoms with Crippen LogP contribution >= 0.6 is 0 Å². The summed E-state index contributed by atoms with van der Waals surface area (Å²) < 4.78 is 26.1. The van der Waals surface area contributed by atoms with Crippen LogP contribution in [-0.2, 0) is 22.3 Å². The number of halogens is 1. The minimum absolute atomic E-state index is 0.225. The predicted molar refractivity (Wildman–Crippen MR) is 105 cm³/mol. The van der Waals surface area contributed by atoms with Crippen molar-refractivity contribution in [2.24, 2.45) is 5.84 Å². The molecule has 7 heteroatoms. The largest absolute Gasteiger partial charge is 0.490 e. The summed E-state index contributed by atoms with van der Waals surface area (Å²) in [6.45, 7) is 12.4. The van der Waals surface area contributed by atoms with Crippen LogP contribution in [-0.4, -0.2) is 39.8 Å². The molecule has 0 atom stereocenters. The maximum atomic E-state index is 14.3. The molecule has 0 aliphatic carbocycles. The molecule has 1 aromatic heterocycles. The normalized spacial score (nSPS) is 13.0. The van der Waals surface area contributed by atoms with Gasteiger partial charge in [-0.15, -0.1) is 0 Å². The summed E-state index contributed by atoms with van der Waals surface area (Å²) >= 11 is 0. The van der Waals surface area contributed by atoms with Crippen molar-refractivity contribution in [2.75, 3.05) is 13.7 Å². The van der Waals surface area contributed by atoms with E-state index in [0.29, 0.717) is 31.0 Å². The molecule has 0 aliphatic heterocycles. The van der Waals surface area contributed by atoms with Crippen LogP contribution in [0.1, 0.15) is 65.9 Å². The number of ether oxygens (including phenoxy) is 2. The summed E-state index contributed by atoms with van der Waals surface area (Å²) in [7, 11) is 1.74. The molecule has 0 saturated carbocycles. The molecule has 0 radical (unpaired) electrons. The number of hydrazine groups is 1. The van der Waals surface area contributed by atoms with Crippen molar-refractivity contribution in [3.63, 3.8) is 0 Å². The van der Waals surface area contributed by atoms with Crippen LogP contribution in [0.4, 0.5) is 4.39 Å². The Kier molecular flexibility index (Phi) is 8.62. The topological polar surface area (TPSA) is 73.5 Å². The van der Waals surface area contributed by atoms with Crippen molar-refractivity contribution in [3.8, 4) is 0 Å². The minimum Gasteiger partial charge on any atom is -0.490 e. The maximum Gasteiger partial charge on any atom is 0.163 e. The smallest absolute Gasteiger partial charge is 0.163 e. The van der Waals surface area contributed by atoms with Crippen LogP contribution in [0.5, 0.6) is 0 Å². The number of allylic oxidation sites excluding steroid dienone is 1. The van der Waals surface area contributed by atoms with E-state index in [9.17, 15) is 4.39 Å². The van der Waals surface area contributed by atoms with Gasteiger partial charge in [0, 0.05) is 26.3 Å². The Morgan fingerprint density at radius 1 is 1.30 bits per heavy atom. The molecule has 0 saturated heterocycles. The number of nitrogens with zero attached hydrogens (tertiary/aromatic N) is 3. The Hall–Kier alpha value is -1.73. The van der Waals surface area contributed by atoms with E-state index < -0.39 is 11.4 Å². The average Bonchev–Trinajstić information content (AvgIpc) is 2.48. The number of hydrogen-bond acceptors (Lipinski definition) is 6. The van der Waals surface area contributed by atoms with Gasteiger partial charge in [-0.1, -0.05) is 6.92 Å². The molecular weight excluding hydrogens is 347 g/mol. The molecule has 1 heterocycles. The highest BCUT2D eigenvalue weighted by atomic mass is 19.1. The average molecular weight is 383 g/mol. The third-order valence-corrected chi connectivity index (χ3v) is 3.57. The molecular formula is C20H35FN4O2. The lowest BCUT2D eigenvalue weighted by Crippen LogP contribution is -2.30. The lowest BCUT2D eigenvalue weighted by molar-refractivity contribution is -0.00165. The van der Waals surface area contributed by atoms with Gasteiger partial charge in [-0.05, 0) is 41.0 Å². The Labute approximate surface area is 162 Å². The third kappa shape index (κ3) is 9.68. The molecule has 1 aromatic rings. The summed E-state index contributed by atoms with van der Waals surface area (Å²) in [5.41, 5.74) is -0.514. The zero-order chi connectivity index (χ0) is 20.7. The molecule has 0 unspecified atom stereocenters. The Morgan fingerprint density at radius 2 is 1.96 bits per heavy atom. The van der Waals surface area contributed by atoms with Gasteiger partial charge < -0.3 is 14.5 Å². The minimum atomic E-state index is -0.634. The van der Waals surface area contributed by atoms with Gasteiger partial charge in [0.2, 0.25) is 0 Å². The third-order valence-electron chi connectivity index (χ3n) is 3.57. The van der Waals surface area contributed by atoms with Gasteiger partial charge in [0.05, 0.1) is 30.3 Å². The van der Waals surface area contributed by atoms with Crippen molar-refractivity contribution in [3.05, 3.63) is 35.5 Å². The quantitative estimate of drug-likeness (QED) is 0.377. The summed E-state index contributed by atoms with van der Waals surface area (Å²) in [5.74, 6) is 6.61. The lowest BCUT2D eigenvalue weighted by Gasteiger charge is -2.28. The Balaban J connectivity index is 2.84. The van der Waals surface area contributed by atoms with E-state index in [4.69, 9.17) is 15.3 Å². The Bertz CT molecular complexity index is 625. The molecule has 0 aliphatic rings. The van der Waals surface area contributed by atoms with Gasteiger partial charge in [0.15, 0.2) is 5.82 Å². The van der Waals surface area contributed by atoms with E-state index in [2.05, 4.69) is 16.9 Å². The Morgan fingerprint density at radius 3 is 2.52 bits per heavy atom. The number of hydrogen-bond donors (Lipinski definition) is 1. The van der Waals surface area contributed by atoms with E-state index >= 15 is 0 Å². The monoisotopic (exact) mass is 382 g/mol. The molecule has 0 amide bonds. The fourth-order valence-corrected chi connectivity index (χ4v) is 2.55. The highest BCUT2D eigenvalue weighted by molar-refractivity contribution is 5.09. The first-order valence-corrected chi connectivity index (χ1v) is 9.43. The molecule has 0 spiro atoms.